The van der Waals surface area contributed by atoms with Crippen molar-refractivity contribution in [2.75, 3.05) is 20.2 Å². The van der Waals surface area contributed by atoms with Crippen molar-refractivity contribution in [3.05, 3.63) is 0 Å². The minimum Gasteiger partial charge on any atom is -0.481 e. The second-order valence-corrected chi connectivity index (χ2v) is 5.17. The zero-order valence-corrected chi connectivity index (χ0v) is 12.2. The molecule has 1 aliphatic carbocycles. The van der Waals surface area contributed by atoms with Crippen molar-refractivity contribution in [2.24, 2.45) is 5.73 Å². The molecule has 0 aliphatic heterocycles. The summed E-state index contributed by atoms with van der Waals surface area (Å²) in [5.41, 5.74) is 5.18. The number of ether oxygens (including phenoxy) is 1. The van der Waals surface area contributed by atoms with Crippen LogP contribution in [0.5, 0.6) is 0 Å². The molecule has 0 aromatic rings. The second-order valence-electron chi connectivity index (χ2n) is 5.17. The quantitative estimate of drug-likeness (QED) is 0.578. The van der Waals surface area contributed by atoms with Gasteiger partial charge < -0.3 is 25.8 Å². The van der Waals surface area contributed by atoms with Crippen LogP contribution in [0.25, 0.3) is 0 Å². The van der Waals surface area contributed by atoms with Crippen LogP contribution >= 0.6 is 0 Å². The summed E-state index contributed by atoms with van der Waals surface area (Å²) in [6.07, 6.45) is 2.94. The zero-order chi connectivity index (χ0) is 15.8. The summed E-state index contributed by atoms with van der Waals surface area (Å²) < 4.78 is 4.99. The van der Waals surface area contributed by atoms with Crippen LogP contribution in [0.3, 0.4) is 0 Å². The van der Waals surface area contributed by atoms with Gasteiger partial charge in [0.1, 0.15) is 6.54 Å². The van der Waals surface area contributed by atoms with Crippen LogP contribution in [-0.2, 0) is 14.3 Å². The van der Waals surface area contributed by atoms with E-state index in [1.54, 1.807) is 0 Å². The molecule has 8 nitrogen and oxygen atoms in total. The number of rotatable bonds is 8. The fraction of sp³-hybridized carbons (Fsp3) is 0.769. The van der Waals surface area contributed by atoms with Gasteiger partial charge in [-0.2, -0.15) is 0 Å². The van der Waals surface area contributed by atoms with E-state index in [4.69, 9.17) is 15.6 Å². The Morgan fingerprint density at radius 3 is 2.48 bits per heavy atom. The van der Waals surface area contributed by atoms with E-state index >= 15 is 0 Å². The monoisotopic (exact) mass is 301 g/mol. The maximum Gasteiger partial charge on any atom is 0.318 e. The van der Waals surface area contributed by atoms with Gasteiger partial charge in [0.15, 0.2) is 0 Å². The van der Waals surface area contributed by atoms with Gasteiger partial charge in [0.25, 0.3) is 0 Å². The molecule has 0 heterocycles. The van der Waals surface area contributed by atoms with Crippen molar-refractivity contribution in [1.29, 1.82) is 0 Å². The highest BCUT2D eigenvalue weighted by Crippen LogP contribution is 2.23. The lowest BCUT2D eigenvalue weighted by molar-refractivity contribution is -0.139. The van der Waals surface area contributed by atoms with E-state index in [9.17, 15) is 14.4 Å². The Balaban J connectivity index is 2.54. The van der Waals surface area contributed by atoms with Crippen molar-refractivity contribution >= 4 is 17.9 Å². The average molecular weight is 301 g/mol. The average Bonchev–Trinajstić information content (AvgIpc) is 2.93. The van der Waals surface area contributed by atoms with E-state index in [1.807, 2.05) is 0 Å². The predicted octanol–water partition coefficient (Wildman–Crippen LogP) is -0.0844. The summed E-state index contributed by atoms with van der Waals surface area (Å²) >= 11 is 0. The number of nitrogens with zero attached hydrogens (tertiary/aromatic N) is 1. The molecule has 0 spiro atoms. The smallest absolute Gasteiger partial charge is 0.318 e. The molecule has 1 saturated carbocycles. The van der Waals surface area contributed by atoms with E-state index in [0.717, 1.165) is 25.7 Å². The molecular weight excluding hydrogens is 278 g/mol. The topological polar surface area (TPSA) is 122 Å². The van der Waals surface area contributed by atoms with Gasteiger partial charge in [-0.25, -0.2) is 4.79 Å². The van der Waals surface area contributed by atoms with Crippen molar-refractivity contribution in [3.63, 3.8) is 0 Å². The highest BCUT2D eigenvalue weighted by Gasteiger charge is 2.28. The predicted molar refractivity (Wildman–Crippen MR) is 74.6 cm³/mol. The summed E-state index contributed by atoms with van der Waals surface area (Å²) in [4.78, 5) is 35.4. The molecule has 8 heteroatoms. The second kappa shape index (κ2) is 8.46. The Morgan fingerprint density at radius 2 is 2.00 bits per heavy atom. The minimum absolute atomic E-state index is 0.0120. The molecule has 0 aromatic heterocycles. The number of amides is 3. The number of carboxylic acid groups (broad SMARTS) is 1. The molecule has 4 N–H and O–H groups in total. The number of carboxylic acids is 1. The van der Waals surface area contributed by atoms with E-state index in [-0.39, 0.29) is 25.6 Å². The van der Waals surface area contributed by atoms with Crippen molar-refractivity contribution in [2.45, 2.75) is 44.2 Å². The van der Waals surface area contributed by atoms with Gasteiger partial charge in [0.2, 0.25) is 5.91 Å². The third kappa shape index (κ3) is 5.99. The van der Waals surface area contributed by atoms with Gasteiger partial charge in [0.05, 0.1) is 12.5 Å². The van der Waals surface area contributed by atoms with Gasteiger partial charge in [-0.3, -0.25) is 9.59 Å². The first-order valence-corrected chi connectivity index (χ1v) is 7.01. The summed E-state index contributed by atoms with van der Waals surface area (Å²) in [5, 5.41) is 11.3. The summed E-state index contributed by atoms with van der Waals surface area (Å²) in [6.45, 7) is -0.0588. The first-order valence-electron chi connectivity index (χ1n) is 7.01. The van der Waals surface area contributed by atoms with Crippen LogP contribution in [0.1, 0.15) is 32.1 Å². The lowest BCUT2D eigenvalue weighted by Gasteiger charge is -2.28. The van der Waals surface area contributed by atoms with Gasteiger partial charge in [-0.15, -0.1) is 0 Å². The molecule has 1 rings (SSSR count). The molecule has 1 fully saturated rings. The van der Waals surface area contributed by atoms with Gasteiger partial charge in [-0.05, 0) is 12.8 Å². The van der Waals surface area contributed by atoms with Crippen molar-refractivity contribution in [3.8, 4) is 0 Å². The molecule has 0 aromatic carbocycles. The standard InChI is InChI=1S/C13H23N3O5/c1-21-10(6-12(18)19)7-15-13(20)16(8-11(14)17)9-4-2-3-5-9/h9-10H,2-8H2,1H3,(H2,14,17)(H,15,20)(H,18,19). The largest absolute Gasteiger partial charge is 0.481 e. The molecule has 3 amide bonds. The van der Waals surface area contributed by atoms with Gasteiger partial charge >= 0.3 is 12.0 Å². The van der Waals surface area contributed by atoms with Gasteiger partial charge in [0, 0.05) is 19.7 Å². The number of carbonyl (C=O) groups excluding carboxylic acids is 2. The van der Waals surface area contributed by atoms with Crippen LogP contribution in [0, 0.1) is 0 Å². The third-order valence-corrected chi connectivity index (χ3v) is 3.57. The van der Waals surface area contributed by atoms with E-state index in [2.05, 4.69) is 5.32 Å². The highest BCUT2D eigenvalue weighted by atomic mass is 16.5. The van der Waals surface area contributed by atoms with Crippen LogP contribution in [-0.4, -0.2) is 60.3 Å². The molecule has 0 saturated heterocycles. The zero-order valence-electron chi connectivity index (χ0n) is 12.2. The lowest BCUT2D eigenvalue weighted by atomic mass is 10.2. The maximum atomic E-state index is 12.2. The van der Waals surface area contributed by atoms with Crippen LogP contribution < -0.4 is 11.1 Å². The molecule has 0 bridgehead atoms. The fourth-order valence-electron chi connectivity index (χ4n) is 2.49. The van der Waals surface area contributed by atoms with Crippen LogP contribution in [0.4, 0.5) is 4.79 Å². The number of nitrogens with one attached hydrogen (secondary N) is 1. The van der Waals surface area contributed by atoms with Crippen molar-refractivity contribution < 1.29 is 24.2 Å². The number of carbonyl (C=O) groups is 3. The Bertz CT molecular complexity index is 382. The minimum atomic E-state index is -0.999. The number of hydrogen-bond donors (Lipinski definition) is 3. The third-order valence-electron chi connectivity index (χ3n) is 3.57. The maximum absolute atomic E-state index is 12.2. The number of hydrogen-bond acceptors (Lipinski definition) is 4. The highest BCUT2D eigenvalue weighted by molar-refractivity contribution is 5.83. The molecule has 21 heavy (non-hydrogen) atoms. The molecule has 1 unspecified atom stereocenters. The summed E-state index contributed by atoms with van der Waals surface area (Å²) in [5.74, 6) is -1.56. The summed E-state index contributed by atoms with van der Waals surface area (Å²) in [6, 6.07) is -0.397. The molecule has 120 valence electrons. The van der Waals surface area contributed by atoms with Crippen molar-refractivity contribution in [1.82, 2.24) is 10.2 Å². The number of urea groups is 1. The Morgan fingerprint density at radius 1 is 1.38 bits per heavy atom. The van der Waals surface area contributed by atoms with Gasteiger partial charge in [-0.1, -0.05) is 12.8 Å². The first kappa shape index (κ1) is 17.2. The number of nitrogens with two attached hydrogens (primary N) is 1. The fourth-order valence-corrected chi connectivity index (χ4v) is 2.49. The Kier molecular flexibility index (Phi) is 6.93. The van der Waals surface area contributed by atoms with Crippen LogP contribution in [0.2, 0.25) is 0 Å². The van der Waals surface area contributed by atoms with Crippen LogP contribution in [0.15, 0.2) is 0 Å². The number of methoxy groups -OCH3 is 1. The number of aliphatic carboxylic acids is 1. The van der Waals surface area contributed by atoms with E-state index < -0.39 is 24.0 Å². The summed E-state index contributed by atoms with van der Waals surface area (Å²) in [7, 11) is 1.39. The van der Waals surface area contributed by atoms with E-state index in [0.29, 0.717) is 0 Å². The molecule has 0 radical (unpaired) electrons. The molecule has 1 atom stereocenters. The molecule has 1 aliphatic rings. The number of primary amides is 1. The normalized spacial score (nSPS) is 16.4. The van der Waals surface area contributed by atoms with E-state index in [1.165, 1.54) is 12.0 Å². The lowest BCUT2D eigenvalue weighted by Crippen LogP contribution is -2.50. The Labute approximate surface area is 123 Å². The SMILES string of the molecule is COC(CNC(=O)N(CC(N)=O)C1CCCC1)CC(=O)O. The molecular formula is C13H23N3O5. The Hall–Kier alpha value is -1.83. The first-order chi connectivity index (χ1) is 9.93.